The van der Waals surface area contributed by atoms with Gasteiger partial charge in [-0.15, -0.1) is 11.7 Å². The van der Waals surface area contributed by atoms with Gasteiger partial charge in [0.25, 0.3) is 0 Å². The van der Waals surface area contributed by atoms with E-state index in [-0.39, 0.29) is 6.04 Å². The summed E-state index contributed by atoms with van der Waals surface area (Å²) in [5.74, 6) is 1.18. The van der Waals surface area contributed by atoms with Crippen molar-refractivity contribution in [2.45, 2.75) is 13.0 Å². The van der Waals surface area contributed by atoms with Crippen LogP contribution in [0.5, 0.6) is 0 Å². The zero-order valence-electron chi connectivity index (χ0n) is 10.9. The summed E-state index contributed by atoms with van der Waals surface area (Å²) in [5.41, 5.74) is 1.20. The van der Waals surface area contributed by atoms with Crippen LogP contribution in [-0.2, 0) is 0 Å². The quantitative estimate of drug-likeness (QED) is 0.777. The van der Waals surface area contributed by atoms with Gasteiger partial charge in [0.05, 0.1) is 6.20 Å². The van der Waals surface area contributed by atoms with Crippen molar-refractivity contribution < 1.29 is 0 Å². The maximum absolute atomic E-state index is 4.33. The lowest BCUT2D eigenvalue weighted by molar-refractivity contribution is 0.859. The number of hydrogen-bond donors (Lipinski definition) is 2. The fourth-order valence-electron chi connectivity index (χ4n) is 1.66. The molecule has 0 spiro atoms. The number of aromatic nitrogens is 3. The van der Waals surface area contributed by atoms with Crippen molar-refractivity contribution in [3.05, 3.63) is 54.7 Å². The molecule has 2 N–H and O–H groups in total. The number of anilines is 2. The summed E-state index contributed by atoms with van der Waals surface area (Å²) >= 11 is 0. The molecule has 0 bridgehead atoms. The van der Waals surface area contributed by atoms with E-state index < -0.39 is 0 Å². The maximum atomic E-state index is 4.33. The monoisotopic (exact) mass is 255 g/mol. The van der Waals surface area contributed by atoms with Crippen LogP contribution in [0.2, 0.25) is 0 Å². The van der Waals surface area contributed by atoms with Crippen molar-refractivity contribution in [3.63, 3.8) is 0 Å². The minimum absolute atomic E-state index is 0.158. The number of nitrogens with one attached hydrogen (secondary N) is 2. The summed E-state index contributed by atoms with van der Waals surface area (Å²) in [5, 5.41) is 14.1. The summed E-state index contributed by atoms with van der Waals surface area (Å²) in [4.78, 5) is 4.33. The molecule has 5 nitrogen and oxygen atoms in total. The van der Waals surface area contributed by atoms with Gasteiger partial charge >= 0.3 is 0 Å². The smallest absolute Gasteiger partial charge is 0.244 e. The topological polar surface area (TPSA) is 62.7 Å². The first-order valence-corrected chi connectivity index (χ1v) is 6.15. The predicted octanol–water partition coefficient (Wildman–Crippen LogP) is 2.64. The Morgan fingerprint density at radius 1 is 1.32 bits per heavy atom. The van der Waals surface area contributed by atoms with E-state index in [4.69, 9.17) is 0 Å². The molecule has 1 heterocycles. The standard InChI is InChI=1S/C14H17N5/c1-3-9-15-14-18-13(10-16-19-14)17-11(2)12-7-5-4-6-8-12/h3-8,10-11H,1,9H2,2H3,(H2,15,17,18,19). The van der Waals surface area contributed by atoms with Crippen molar-refractivity contribution in [1.29, 1.82) is 0 Å². The van der Waals surface area contributed by atoms with Gasteiger partial charge in [-0.25, -0.2) is 0 Å². The Balaban J connectivity index is 2.04. The zero-order chi connectivity index (χ0) is 13.5. The van der Waals surface area contributed by atoms with Gasteiger partial charge in [-0.1, -0.05) is 36.4 Å². The Labute approximate surface area is 112 Å². The summed E-state index contributed by atoms with van der Waals surface area (Å²) in [7, 11) is 0. The van der Waals surface area contributed by atoms with E-state index in [1.165, 1.54) is 5.56 Å². The Kier molecular flexibility index (Phi) is 4.44. The van der Waals surface area contributed by atoms with Gasteiger partial charge in [0.15, 0.2) is 5.82 Å². The van der Waals surface area contributed by atoms with Gasteiger partial charge in [-0.3, -0.25) is 0 Å². The first kappa shape index (κ1) is 13.0. The summed E-state index contributed by atoms with van der Waals surface area (Å²) in [6, 6.07) is 10.3. The first-order valence-electron chi connectivity index (χ1n) is 6.15. The third-order valence-corrected chi connectivity index (χ3v) is 2.63. The van der Waals surface area contributed by atoms with Gasteiger partial charge in [-0.05, 0) is 12.5 Å². The number of hydrogen-bond acceptors (Lipinski definition) is 5. The van der Waals surface area contributed by atoms with Crippen LogP contribution < -0.4 is 10.6 Å². The van der Waals surface area contributed by atoms with Gasteiger partial charge in [0, 0.05) is 12.6 Å². The van der Waals surface area contributed by atoms with E-state index in [1.54, 1.807) is 12.3 Å². The molecule has 19 heavy (non-hydrogen) atoms. The Morgan fingerprint density at radius 3 is 2.84 bits per heavy atom. The summed E-state index contributed by atoms with van der Waals surface area (Å²) in [6.07, 6.45) is 3.36. The van der Waals surface area contributed by atoms with Crippen LogP contribution >= 0.6 is 0 Å². The van der Waals surface area contributed by atoms with Crippen LogP contribution in [0.25, 0.3) is 0 Å². The van der Waals surface area contributed by atoms with Gasteiger partial charge in [0.2, 0.25) is 5.95 Å². The third-order valence-electron chi connectivity index (χ3n) is 2.63. The molecule has 0 aliphatic carbocycles. The van der Waals surface area contributed by atoms with E-state index in [2.05, 4.69) is 51.5 Å². The first-order chi connectivity index (χ1) is 9.29. The molecule has 5 heteroatoms. The predicted molar refractivity (Wildman–Crippen MR) is 77.0 cm³/mol. The highest BCUT2D eigenvalue weighted by Gasteiger charge is 2.06. The molecule has 0 radical (unpaired) electrons. The highest BCUT2D eigenvalue weighted by atomic mass is 15.3. The van der Waals surface area contributed by atoms with E-state index in [9.17, 15) is 0 Å². The second-order valence-electron chi connectivity index (χ2n) is 4.11. The Morgan fingerprint density at radius 2 is 2.11 bits per heavy atom. The van der Waals surface area contributed by atoms with Gasteiger partial charge < -0.3 is 10.6 Å². The molecule has 1 aromatic carbocycles. The van der Waals surface area contributed by atoms with Crippen molar-refractivity contribution in [3.8, 4) is 0 Å². The molecule has 1 atom stereocenters. The van der Waals surface area contributed by atoms with Crippen molar-refractivity contribution in [2.24, 2.45) is 0 Å². The minimum Gasteiger partial charge on any atom is -0.362 e. The van der Waals surface area contributed by atoms with E-state index in [1.807, 2.05) is 18.2 Å². The molecule has 2 rings (SSSR count). The molecule has 2 aromatic rings. The Bertz CT molecular complexity index is 526. The van der Waals surface area contributed by atoms with Crippen molar-refractivity contribution >= 4 is 11.8 Å². The van der Waals surface area contributed by atoms with E-state index in [0.29, 0.717) is 18.3 Å². The average molecular weight is 255 g/mol. The van der Waals surface area contributed by atoms with Crippen molar-refractivity contribution in [2.75, 3.05) is 17.2 Å². The highest BCUT2D eigenvalue weighted by molar-refractivity contribution is 5.40. The molecule has 1 aromatic heterocycles. The normalized spacial score (nSPS) is 11.6. The average Bonchev–Trinajstić information content (AvgIpc) is 2.46. The number of rotatable bonds is 6. The molecule has 98 valence electrons. The molecule has 0 amide bonds. The van der Waals surface area contributed by atoms with Crippen LogP contribution in [0.3, 0.4) is 0 Å². The maximum Gasteiger partial charge on any atom is 0.244 e. The zero-order valence-corrected chi connectivity index (χ0v) is 10.9. The number of benzene rings is 1. The van der Waals surface area contributed by atoms with Crippen LogP contribution in [0.1, 0.15) is 18.5 Å². The van der Waals surface area contributed by atoms with Crippen LogP contribution in [-0.4, -0.2) is 21.7 Å². The molecular weight excluding hydrogens is 238 g/mol. The van der Waals surface area contributed by atoms with E-state index >= 15 is 0 Å². The lowest BCUT2D eigenvalue weighted by Gasteiger charge is -2.14. The largest absolute Gasteiger partial charge is 0.362 e. The number of nitrogens with zero attached hydrogens (tertiary/aromatic N) is 3. The molecule has 0 saturated carbocycles. The molecule has 0 fully saturated rings. The Hall–Kier alpha value is -2.43. The van der Waals surface area contributed by atoms with Crippen LogP contribution in [0.4, 0.5) is 11.8 Å². The summed E-state index contributed by atoms with van der Waals surface area (Å²) in [6.45, 7) is 6.32. The molecule has 1 unspecified atom stereocenters. The molecule has 0 saturated heterocycles. The van der Waals surface area contributed by atoms with Gasteiger partial charge in [0.1, 0.15) is 0 Å². The lowest BCUT2D eigenvalue weighted by Crippen LogP contribution is -2.11. The second-order valence-corrected chi connectivity index (χ2v) is 4.11. The third kappa shape index (κ3) is 3.77. The summed E-state index contributed by atoms with van der Waals surface area (Å²) < 4.78 is 0. The fraction of sp³-hybridized carbons (Fsp3) is 0.214. The van der Waals surface area contributed by atoms with Gasteiger partial charge in [-0.2, -0.15) is 10.1 Å². The van der Waals surface area contributed by atoms with Crippen LogP contribution in [0, 0.1) is 0 Å². The lowest BCUT2D eigenvalue weighted by atomic mass is 10.1. The minimum atomic E-state index is 0.158. The van der Waals surface area contributed by atoms with Crippen molar-refractivity contribution in [1.82, 2.24) is 15.2 Å². The molecule has 0 aliphatic rings. The fourth-order valence-corrected chi connectivity index (χ4v) is 1.66. The van der Waals surface area contributed by atoms with Crippen LogP contribution in [0.15, 0.2) is 49.2 Å². The molecular formula is C14H17N5. The second kappa shape index (κ2) is 6.49. The van der Waals surface area contributed by atoms with E-state index in [0.717, 1.165) is 0 Å². The SMILES string of the molecule is C=CCNc1nncc(NC(C)c2ccccc2)n1. The molecule has 0 aliphatic heterocycles. The highest BCUT2D eigenvalue weighted by Crippen LogP contribution is 2.17.